The molecular formula is C28H29N5O2. The largest absolute Gasteiger partial charge is 0.345 e. The molecular weight excluding hydrogens is 438 g/mol. The number of H-pyrrole nitrogens is 1. The van der Waals surface area contributed by atoms with Gasteiger partial charge in [0.1, 0.15) is 11.8 Å². The van der Waals surface area contributed by atoms with E-state index >= 15 is 0 Å². The summed E-state index contributed by atoms with van der Waals surface area (Å²) < 4.78 is 0. The Morgan fingerprint density at radius 3 is 2.71 bits per heavy atom. The lowest BCUT2D eigenvalue weighted by molar-refractivity contribution is -0.108. The van der Waals surface area contributed by atoms with Crippen molar-refractivity contribution < 1.29 is 9.59 Å². The van der Waals surface area contributed by atoms with Crippen molar-refractivity contribution in [1.29, 1.82) is 0 Å². The van der Waals surface area contributed by atoms with Gasteiger partial charge in [0, 0.05) is 63.0 Å². The quantitative estimate of drug-likeness (QED) is 0.429. The van der Waals surface area contributed by atoms with E-state index in [2.05, 4.69) is 33.9 Å². The molecule has 0 aliphatic carbocycles. The Balaban J connectivity index is 1.49. The Morgan fingerprint density at radius 2 is 1.97 bits per heavy atom. The molecule has 0 atom stereocenters. The second-order valence-corrected chi connectivity index (χ2v) is 9.34. The molecule has 3 heterocycles. The van der Waals surface area contributed by atoms with Gasteiger partial charge in [-0.25, -0.2) is 9.97 Å². The number of rotatable bonds is 6. The van der Waals surface area contributed by atoms with E-state index in [1.54, 1.807) is 19.0 Å². The third-order valence-electron chi connectivity index (χ3n) is 6.73. The maximum Gasteiger partial charge on any atom is 0.253 e. The van der Waals surface area contributed by atoms with Gasteiger partial charge in [-0.3, -0.25) is 9.69 Å². The Morgan fingerprint density at radius 1 is 1.17 bits per heavy atom. The van der Waals surface area contributed by atoms with Gasteiger partial charge in [0.25, 0.3) is 5.91 Å². The first-order chi connectivity index (χ1) is 16.9. The highest BCUT2D eigenvalue weighted by atomic mass is 16.2. The van der Waals surface area contributed by atoms with E-state index < -0.39 is 0 Å². The predicted molar refractivity (Wildman–Crippen MR) is 137 cm³/mol. The number of carbonyl (C=O) groups excluding carboxylic acids is 2. The molecule has 0 saturated carbocycles. The molecule has 0 spiro atoms. The van der Waals surface area contributed by atoms with Crippen LogP contribution in [0.15, 0.2) is 48.8 Å². The first-order valence-electron chi connectivity index (χ1n) is 11.9. The van der Waals surface area contributed by atoms with Crippen LogP contribution in [0.1, 0.15) is 33.5 Å². The highest BCUT2D eigenvalue weighted by molar-refractivity contribution is 5.96. The fourth-order valence-corrected chi connectivity index (χ4v) is 4.85. The predicted octanol–water partition coefficient (Wildman–Crippen LogP) is 4.25. The number of aromatic nitrogens is 3. The number of hydrogen-bond donors (Lipinski definition) is 1. The molecule has 1 N–H and O–H groups in total. The van der Waals surface area contributed by atoms with E-state index in [0.29, 0.717) is 12.0 Å². The maximum atomic E-state index is 12.2. The van der Waals surface area contributed by atoms with Gasteiger partial charge in [0.2, 0.25) is 0 Å². The number of fused-ring (bicyclic) bond motifs is 2. The molecule has 1 aliphatic heterocycles. The number of amides is 1. The van der Waals surface area contributed by atoms with E-state index in [0.717, 1.165) is 65.9 Å². The van der Waals surface area contributed by atoms with Crippen molar-refractivity contribution in [3.05, 3.63) is 71.0 Å². The highest BCUT2D eigenvalue weighted by Crippen LogP contribution is 2.31. The monoisotopic (exact) mass is 467 g/mol. The second-order valence-electron chi connectivity index (χ2n) is 9.34. The minimum Gasteiger partial charge on any atom is -0.345 e. The molecule has 2 aromatic heterocycles. The molecule has 2 aromatic carbocycles. The lowest BCUT2D eigenvalue weighted by Crippen LogP contribution is -2.32. The van der Waals surface area contributed by atoms with E-state index in [9.17, 15) is 9.59 Å². The first-order valence-corrected chi connectivity index (χ1v) is 11.9. The Bertz CT molecular complexity index is 1410. The van der Waals surface area contributed by atoms with Crippen LogP contribution in [0, 0.1) is 6.92 Å². The van der Waals surface area contributed by atoms with Crippen LogP contribution in [-0.2, 0) is 17.8 Å². The molecule has 0 bridgehead atoms. The van der Waals surface area contributed by atoms with Crippen molar-refractivity contribution in [1.82, 2.24) is 24.8 Å². The van der Waals surface area contributed by atoms with Gasteiger partial charge < -0.3 is 14.7 Å². The van der Waals surface area contributed by atoms with Crippen LogP contribution >= 0.6 is 0 Å². The SMILES string of the molecule is Cc1cc(-c2cnc3[nH]cc(-c4ccc(C(=O)N(C)C)cc4)c3n2)cc2c1CCN(CCC=O)C2. The topological polar surface area (TPSA) is 82.2 Å². The fourth-order valence-electron chi connectivity index (χ4n) is 4.85. The van der Waals surface area contributed by atoms with Crippen LogP contribution in [0.5, 0.6) is 0 Å². The summed E-state index contributed by atoms with van der Waals surface area (Å²) in [6.07, 6.45) is 6.29. The highest BCUT2D eigenvalue weighted by Gasteiger charge is 2.20. The number of hydrogen-bond acceptors (Lipinski definition) is 5. The summed E-state index contributed by atoms with van der Waals surface area (Å²) in [5.74, 6) is -0.0231. The average Bonchev–Trinajstić information content (AvgIpc) is 3.30. The lowest BCUT2D eigenvalue weighted by atomic mass is 9.92. The third kappa shape index (κ3) is 4.47. The van der Waals surface area contributed by atoms with Crippen LogP contribution in [0.2, 0.25) is 0 Å². The van der Waals surface area contributed by atoms with Gasteiger partial charge in [-0.2, -0.15) is 0 Å². The Labute approximate surface area is 204 Å². The Hall–Kier alpha value is -3.84. The second kappa shape index (κ2) is 9.43. The van der Waals surface area contributed by atoms with Crippen molar-refractivity contribution in [2.24, 2.45) is 0 Å². The average molecular weight is 468 g/mol. The molecule has 35 heavy (non-hydrogen) atoms. The molecule has 1 aliphatic rings. The Kier molecular flexibility index (Phi) is 6.17. The minimum atomic E-state index is -0.0231. The standard InChI is InChI=1S/C28H29N5O2/c1-18-13-21(14-22-17-33(10-4-12-34)11-9-23(18)22)25-16-30-27-26(31-25)24(15-29-27)19-5-7-20(8-6-19)28(35)32(2)3/h5-8,12-16H,4,9-11,17H2,1-3H3,(H,29,30). The summed E-state index contributed by atoms with van der Waals surface area (Å²) in [5, 5.41) is 0. The molecule has 7 nitrogen and oxygen atoms in total. The number of carbonyl (C=O) groups is 2. The van der Waals surface area contributed by atoms with Gasteiger partial charge in [-0.05, 0) is 59.9 Å². The lowest BCUT2D eigenvalue weighted by Gasteiger charge is -2.29. The summed E-state index contributed by atoms with van der Waals surface area (Å²) in [4.78, 5) is 39.8. The van der Waals surface area contributed by atoms with Gasteiger partial charge in [-0.15, -0.1) is 0 Å². The first kappa shape index (κ1) is 22.9. The molecule has 0 unspecified atom stereocenters. The van der Waals surface area contributed by atoms with Crippen LogP contribution < -0.4 is 0 Å². The number of nitrogens with zero attached hydrogens (tertiary/aromatic N) is 4. The van der Waals surface area contributed by atoms with Gasteiger partial charge in [0.05, 0.1) is 11.9 Å². The van der Waals surface area contributed by atoms with Gasteiger partial charge in [-0.1, -0.05) is 12.1 Å². The van der Waals surface area contributed by atoms with Crippen LogP contribution in [0.25, 0.3) is 33.5 Å². The summed E-state index contributed by atoms with van der Waals surface area (Å²) in [6.45, 7) is 4.79. The number of benzene rings is 2. The minimum absolute atomic E-state index is 0.0231. The molecule has 0 saturated heterocycles. The number of aldehydes is 1. The van der Waals surface area contributed by atoms with Gasteiger partial charge in [0.15, 0.2) is 5.65 Å². The zero-order valence-corrected chi connectivity index (χ0v) is 20.3. The van der Waals surface area contributed by atoms with E-state index in [-0.39, 0.29) is 5.91 Å². The van der Waals surface area contributed by atoms with Crippen molar-refractivity contribution in [2.45, 2.75) is 26.3 Å². The van der Waals surface area contributed by atoms with Crippen molar-refractivity contribution in [3.63, 3.8) is 0 Å². The van der Waals surface area contributed by atoms with Crippen LogP contribution in [-0.4, -0.2) is 64.1 Å². The van der Waals surface area contributed by atoms with Crippen molar-refractivity contribution in [2.75, 3.05) is 27.2 Å². The molecule has 7 heteroatoms. The number of nitrogens with one attached hydrogen (secondary N) is 1. The van der Waals surface area contributed by atoms with Crippen molar-refractivity contribution in [3.8, 4) is 22.4 Å². The molecule has 0 radical (unpaired) electrons. The molecule has 4 aromatic rings. The maximum absolute atomic E-state index is 12.2. The van der Waals surface area contributed by atoms with Crippen LogP contribution in [0.3, 0.4) is 0 Å². The van der Waals surface area contributed by atoms with E-state index in [1.165, 1.54) is 16.7 Å². The van der Waals surface area contributed by atoms with E-state index in [1.807, 2.05) is 36.7 Å². The zero-order valence-electron chi connectivity index (χ0n) is 20.3. The number of aryl methyl sites for hydroxylation is 1. The fraction of sp³-hybridized carbons (Fsp3) is 0.286. The van der Waals surface area contributed by atoms with Crippen molar-refractivity contribution >= 4 is 23.4 Å². The normalized spacial score (nSPS) is 13.6. The molecule has 0 fully saturated rings. The summed E-state index contributed by atoms with van der Waals surface area (Å²) in [5.41, 5.74) is 9.96. The third-order valence-corrected chi connectivity index (χ3v) is 6.73. The van der Waals surface area contributed by atoms with E-state index in [4.69, 9.17) is 4.98 Å². The molecule has 5 rings (SSSR count). The summed E-state index contributed by atoms with van der Waals surface area (Å²) >= 11 is 0. The molecule has 1 amide bonds. The zero-order chi connectivity index (χ0) is 24.5. The number of aromatic amines is 1. The molecule has 178 valence electrons. The van der Waals surface area contributed by atoms with Crippen LogP contribution in [0.4, 0.5) is 0 Å². The smallest absolute Gasteiger partial charge is 0.253 e. The van der Waals surface area contributed by atoms with Gasteiger partial charge >= 0.3 is 0 Å². The summed E-state index contributed by atoms with van der Waals surface area (Å²) in [7, 11) is 3.50. The summed E-state index contributed by atoms with van der Waals surface area (Å²) in [6, 6.07) is 12.0.